The Balaban J connectivity index is 0.000000441. The molecule has 0 aliphatic heterocycles. The summed E-state index contributed by atoms with van der Waals surface area (Å²) < 4.78 is 31.5. The zero-order valence-corrected chi connectivity index (χ0v) is 10.2. The maximum Gasteiger partial charge on any atom is 0.430 e. The number of carbonyl (C=O) groups is 2. The SMILES string of the molecule is O=C([O-])C(F)(F)F.[NH3+]N[C@H](Cc1ccccc1)C(=O)O. The first-order valence-corrected chi connectivity index (χ1v) is 5.26. The predicted molar refractivity (Wildman–Crippen MR) is 58.7 cm³/mol. The Morgan fingerprint density at radius 1 is 1.30 bits per heavy atom. The van der Waals surface area contributed by atoms with Gasteiger partial charge in [-0.3, -0.25) is 10.6 Å². The van der Waals surface area contributed by atoms with Crippen LogP contribution in [0, 0.1) is 0 Å². The van der Waals surface area contributed by atoms with Gasteiger partial charge in [-0.15, -0.1) is 0 Å². The van der Waals surface area contributed by atoms with Crippen molar-refractivity contribution in [2.24, 2.45) is 0 Å². The van der Waals surface area contributed by atoms with Gasteiger partial charge in [0.25, 0.3) is 0 Å². The lowest BCUT2D eigenvalue weighted by molar-refractivity contribution is -0.449. The lowest BCUT2D eigenvalue weighted by Gasteiger charge is -2.07. The van der Waals surface area contributed by atoms with Crippen molar-refractivity contribution in [2.45, 2.75) is 18.6 Å². The molecule has 0 bridgehead atoms. The van der Waals surface area contributed by atoms with E-state index in [1.54, 1.807) is 0 Å². The summed E-state index contributed by atoms with van der Waals surface area (Å²) in [6.07, 6.45) is -4.74. The molecule has 0 unspecified atom stereocenters. The van der Waals surface area contributed by atoms with Gasteiger partial charge in [-0.05, 0) is 5.56 Å². The summed E-state index contributed by atoms with van der Waals surface area (Å²) in [7, 11) is 0. The molecule has 1 rings (SSSR count). The number of rotatable bonds is 4. The van der Waals surface area contributed by atoms with Gasteiger partial charge >= 0.3 is 12.1 Å². The molecule has 0 amide bonds. The number of hydrogen-bond acceptors (Lipinski definition) is 4. The van der Waals surface area contributed by atoms with E-state index in [1.165, 1.54) is 0 Å². The fraction of sp³-hybridized carbons (Fsp3) is 0.273. The minimum absolute atomic E-state index is 0.458. The summed E-state index contributed by atoms with van der Waals surface area (Å²) in [5.41, 5.74) is 3.49. The standard InChI is InChI=1S/C9H12N2O2.C2HF3O2/c10-11-8(9(12)13)6-7-4-2-1-3-5-7;3-2(4,5)1(6)7/h1-5,8,11H,6,10H2,(H,12,13);(H,6,7)/t8-;/m1./s1. The van der Waals surface area contributed by atoms with Crippen molar-refractivity contribution in [2.75, 3.05) is 0 Å². The van der Waals surface area contributed by atoms with Gasteiger partial charge in [-0.1, -0.05) is 30.3 Å². The predicted octanol–water partition coefficient (Wildman–Crippen LogP) is -1.27. The smallest absolute Gasteiger partial charge is 0.430 e. The summed E-state index contributed by atoms with van der Waals surface area (Å²) in [5, 5.41) is 17.5. The summed E-state index contributed by atoms with van der Waals surface area (Å²) >= 11 is 0. The number of hydrogen-bond donors (Lipinski definition) is 3. The molecule has 0 aliphatic carbocycles. The highest BCUT2D eigenvalue weighted by atomic mass is 19.4. The third-order valence-corrected chi connectivity index (χ3v) is 2.06. The van der Waals surface area contributed by atoms with E-state index in [2.05, 4.69) is 11.3 Å². The molecular formula is C11H13F3N2O4. The number of alkyl halides is 3. The first-order chi connectivity index (χ1) is 9.18. The second-order valence-corrected chi connectivity index (χ2v) is 3.57. The molecule has 0 radical (unpaired) electrons. The first kappa shape index (κ1) is 17.9. The second-order valence-electron chi connectivity index (χ2n) is 3.57. The van der Waals surface area contributed by atoms with E-state index in [9.17, 15) is 18.0 Å². The maximum absolute atomic E-state index is 10.6. The molecule has 0 aliphatic rings. The molecule has 0 aromatic heterocycles. The number of benzene rings is 1. The third-order valence-electron chi connectivity index (χ3n) is 2.06. The van der Waals surface area contributed by atoms with E-state index >= 15 is 0 Å². The average Bonchev–Trinajstić information content (AvgIpc) is 2.36. The highest BCUT2D eigenvalue weighted by Gasteiger charge is 2.28. The molecule has 0 saturated carbocycles. The quantitative estimate of drug-likeness (QED) is 0.598. The van der Waals surface area contributed by atoms with Crippen LogP contribution in [-0.4, -0.2) is 29.3 Å². The van der Waals surface area contributed by atoms with Crippen LogP contribution in [0.15, 0.2) is 30.3 Å². The Bertz CT molecular complexity index is 437. The Labute approximate surface area is 112 Å². The molecule has 6 nitrogen and oxygen atoms in total. The van der Waals surface area contributed by atoms with Crippen LogP contribution in [0.1, 0.15) is 5.56 Å². The van der Waals surface area contributed by atoms with Crippen molar-refractivity contribution in [1.82, 2.24) is 5.43 Å². The van der Waals surface area contributed by atoms with Gasteiger partial charge in [0, 0.05) is 6.42 Å². The highest BCUT2D eigenvalue weighted by molar-refractivity contribution is 5.73. The molecule has 0 heterocycles. The van der Waals surface area contributed by atoms with Crippen molar-refractivity contribution < 1.29 is 38.8 Å². The van der Waals surface area contributed by atoms with E-state index in [0.29, 0.717) is 6.42 Å². The van der Waals surface area contributed by atoms with E-state index in [-0.39, 0.29) is 0 Å². The molecule has 0 saturated heterocycles. The fourth-order valence-electron chi connectivity index (χ4n) is 1.10. The van der Waals surface area contributed by atoms with Crippen molar-refractivity contribution in [3.63, 3.8) is 0 Å². The monoisotopic (exact) mass is 294 g/mol. The van der Waals surface area contributed by atoms with Crippen LogP contribution in [0.5, 0.6) is 0 Å². The molecule has 0 fully saturated rings. The van der Waals surface area contributed by atoms with Crippen molar-refractivity contribution in [1.29, 1.82) is 0 Å². The van der Waals surface area contributed by atoms with Crippen molar-refractivity contribution in [3.05, 3.63) is 35.9 Å². The molecule has 0 spiro atoms. The van der Waals surface area contributed by atoms with Crippen LogP contribution in [0.25, 0.3) is 0 Å². The van der Waals surface area contributed by atoms with Gasteiger partial charge in [0.05, 0.1) is 0 Å². The van der Waals surface area contributed by atoms with E-state index in [0.717, 1.165) is 5.56 Å². The molecule has 20 heavy (non-hydrogen) atoms. The van der Waals surface area contributed by atoms with Gasteiger partial charge in [0.1, 0.15) is 5.97 Å². The maximum atomic E-state index is 10.6. The zero-order chi connectivity index (χ0) is 15.8. The minimum atomic E-state index is -5.19. The molecule has 5 N–H and O–H groups in total. The Hall–Kier alpha value is -2.13. The van der Waals surface area contributed by atoms with Crippen molar-refractivity contribution >= 4 is 11.9 Å². The van der Waals surface area contributed by atoms with E-state index in [4.69, 9.17) is 15.0 Å². The van der Waals surface area contributed by atoms with Gasteiger partial charge in [-0.25, -0.2) is 0 Å². The second kappa shape index (κ2) is 8.12. The molecular weight excluding hydrogens is 281 g/mol. The fourth-order valence-corrected chi connectivity index (χ4v) is 1.10. The Morgan fingerprint density at radius 2 is 1.75 bits per heavy atom. The molecule has 112 valence electrons. The van der Waals surface area contributed by atoms with Crippen LogP contribution in [0.4, 0.5) is 13.2 Å². The minimum Gasteiger partial charge on any atom is -0.542 e. The normalized spacial score (nSPS) is 12.0. The number of nitrogens with one attached hydrogen (secondary N) is 1. The van der Waals surface area contributed by atoms with Crippen LogP contribution >= 0.6 is 0 Å². The molecule has 1 aromatic carbocycles. The molecule has 9 heteroatoms. The van der Waals surface area contributed by atoms with Gasteiger partial charge in [0.15, 0.2) is 6.04 Å². The third kappa shape index (κ3) is 7.34. The summed E-state index contributed by atoms with van der Waals surface area (Å²) in [6.45, 7) is 0. The van der Waals surface area contributed by atoms with Crippen molar-refractivity contribution in [3.8, 4) is 0 Å². The van der Waals surface area contributed by atoms with Crippen LogP contribution in [0.3, 0.4) is 0 Å². The number of quaternary nitrogens is 1. The topological polar surface area (TPSA) is 117 Å². The van der Waals surface area contributed by atoms with Gasteiger partial charge in [0.2, 0.25) is 0 Å². The van der Waals surface area contributed by atoms with E-state index in [1.807, 2.05) is 30.3 Å². The average molecular weight is 294 g/mol. The summed E-state index contributed by atoms with van der Waals surface area (Å²) in [4.78, 5) is 19.4. The Morgan fingerprint density at radius 3 is 2.05 bits per heavy atom. The lowest BCUT2D eigenvalue weighted by atomic mass is 10.1. The van der Waals surface area contributed by atoms with Crippen LogP contribution in [0.2, 0.25) is 0 Å². The largest absolute Gasteiger partial charge is 0.542 e. The number of carboxylic acids is 2. The highest BCUT2D eigenvalue weighted by Crippen LogP contribution is 2.11. The Kier molecular flexibility index (Phi) is 7.26. The summed E-state index contributed by atoms with van der Waals surface area (Å²) in [5.74, 6) is -0.510. The van der Waals surface area contributed by atoms with Crippen LogP contribution < -0.4 is 16.4 Å². The summed E-state index contributed by atoms with van der Waals surface area (Å²) in [6, 6.07) is 8.86. The van der Waals surface area contributed by atoms with Gasteiger partial charge < -0.3 is 15.0 Å². The zero-order valence-electron chi connectivity index (χ0n) is 10.2. The van der Waals surface area contributed by atoms with E-state index < -0.39 is 24.2 Å². The van der Waals surface area contributed by atoms with Gasteiger partial charge in [-0.2, -0.15) is 18.6 Å². The number of halogens is 3. The number of carboxylic acid groups (broad SMARTS) is 2. The molecule has 1 atom stereocenters. The lowest BCUT2D eigenvalue weighted by Crippen LogP contribution is -2.70. The first-order valence-electron chi connectivity index (χ1n) is 5.26. The number of aliphatic carboxylic acids is 2. The number of carbonyl (C=O) groups excluding carboxylic acids is 1. The molecule has 1 aromatic rings. The van der Waals surface area contributed by atoms with Crippen LogP contribution in [-0.2, 0) is 16.0 Å².